The van der Waals surface area contributed by atoms with Crippen molar-refractivity contribution in [2.24, 2.45) is 0 Å². The van der Waals surface area contributed by atoms with Gasteiger partial charge in [-0.3, -0.25) is 0 Å². The molecule has 0 atom stereocenters. The summed E-state index contributed by atoms with van der Waals surface area (Å²) in [7, 11) is 0. The molecule has 2 nitrogen and oxygen atoms in total. The lowest BCUT2D eigenvalue weighted by Gasteiger charge is -2.06. The number of rotatable bonds is 18. The lowest BCUT2D eigenvalue weighted by Crippen LogP contribution is -1.94. The Morgan fingerprint density at radius 1 is 0.484 bits per heavy atom. The second-order valence-electron chi connectivity index (χ2n) is 9.21. The van der Waals surface area contributed by atoms with Gasteiger partial charge in [-0.25, -0.2) is 9.97 Å². The topological polar surface area (TPSA) is 25.8 Å². The Hall–Kier alpha value is -1.70. The van der Waals surface area contributed by atoms with E-state index in [2.05, 4.69) is 48.1 Å². The van der Waals surface area contributed by atoms with Gasteiger partial charge in [-0.1, -0.05) is 122 Å². The second kappa shape index (κ2) is 16.9. The molecule has 0 bridgehead atoms. The monoisotopic (exact) mass is 422 g/mol. The number of unbranched alkanes of at least 4 members (excludes halogenated alkanes) is 13. The van der Waals surface area contributed by atoms with Crippen molar-refractivity contribution >= 4 is 0 Å². The predicted octanol–water partition coefficient (Wildman–Crippen LogP) is 9.12. The Balaban J connectivity index is 1.62. The fraction of sp³-hybridized carbons (Fsp3) is 0.655. The molecule has 2 heteroatoms. The zero-order valence-corrected chi connectivity index (χ0v) is 20.4. The Bertz CT molecular complexity index is 660. The van der Waals surface area contributed by atoms with Crippen molar-refractivity contribution in [2.45, 2.75) is 123 Å². The van der Waals surface area contributed by atoms with E-state index in [1.807, 2.05) is 12.4 Å². The molecule has 0 saturated carbocycles. The molecule has 1 aromatic carbocycles. The molecule has 0 spiro atoms. The molecule has 0 radical (unpaired) electrons. The highest BCUT2D eigenvalue weighted by molar-refractivity contribution is 5.55. The molecule has 0 fully saturated rings. The van der Waals surface area contributed by atoms with Gasteiger partial charge in [0.15, 0.2) is 5.82 Å². The van der Waals surface area contributed by atoms with Crippen molar-refractivity contribution in [3.05, 3.63) is 47.8 Å². The smallest absolute Gasteiger partial charge is 0.159 e. The van der Waals surface area contributed by atoms with E-state index < -0.39 is 0 Å². The molecule has 0 aliphatic heterocycles. The first kappa shape index (κ1) is 25.6. The highest BCUT2D eigenvalue weighted by Crippen LogP contribution is 2.18. The van der Waals surface area contributed by atoms with Crippen LogP contribution in [0.15, 0.2) is 36.7 Å². The van der Waals surface area contributed by atoms with Crippen molar-refractivity contribution in [2.75, 3.05) is 0 Å². The zero-order valence-electron chi connectivity index (χ0n) is 20.4. The minimum atomic E-state index is 0.848. The van der Waals surface area contributed by atoms with E-state index in [1.165, 1.54) is 114 Å². The Labute approximate surface area is 192 Å². The van der Waals surface area contributed by atoms with E-state index in [1.54, 1.807) is 0 Å². The molecule has 0 N–H and O–H groups in total. The van der Waals surface area contributed by atoms with Crippen LogP contribution in [0.1, 0.15) is 121 Å². The van der Waals surface area contributed by atoms with Crippen LogP contribution >= 0.6 is 0 Å². The molecule has 1 aromatic heterocycles. The van der Waals surface area contributed by atoms with Crippen LogP contribution in [0.5, 0.6) is 0 Å². The van der Waals surface area contributed by atoms with Gasteiger partial charge in [0.05, 0.1) is 0 Å². The quantitative estimate of drug-likeness (QED) is 0.224. The van der Waals surface area contributed by atoms with Crippen LogP contribution < -0.4 is 0 Å². The normalized spacial score (nSPS) is 11.2. The molecule has 31 heavy (non-hydrogen) atoms. The third-order valence-corrected chi connectivity index (χ3v) is 6.31. The average molecular weight is 423 g/mol. The third-order valence-electron chi connectivity index (χ3n) is 6.31. The highest BCUT2D eigenvalue weighted by Gasteiger charge is 2.03. The molecule has 0 unspecified atom stereocenters. The maximum Gasteiger partial charge on any atom is 0.159 e. The van der Waals surface area contributed by atoms with E-state index in [4.69, 9.17) is 0 Å². The van der Waals surface area contributed by atoms with Gasteiger partial charge in [0, 0.05) is 18.0 Å². The Kier molecular flexibility index (Phi) is 14.0. The maximum atomic E-state index is 4.62. The lowest BCUT2D eigenvalue weighted by atomic mass is 10.0. The number of nitrogens with zero attached hydrogens (tertiary/aromatic N) is 2. The summed E-state index contributed by atoms with van der Waals surface area (Å²) in [6.07, 6.45) is 26.8. The first-order valence-electron chi connectivity index (χ1n) is 13.2. The van der Waals surface area contributed by atoms with Crippen LogP contribution in [0.4, 0.5) is 0 Å². The van der Waals surface area contributed by atoms with Crippen LogP contribution in [0, 0.1) is 0 Å². The summed E-state index contributed by atoms with van der Waals surface area (Å²) < 4.78 is 0. The summed E-state index contributed by atoms with van der Waals surface area (Å²) in [5.41, 5.74) is 3.83. The van der Waals surface area contributed by atoms with Gasteiger partial charge in [0.2, 0.25) is 0 Å². The number of hydrogen-bond acceptors (Lipinski definition) is 2. The van der Waals surface area contributed by atoms with E-state index in [0.717, 1.165) is 17.8 Å². The van der Waals surface area contributed by atoms with Crippen molar-refractivity contribution in [3.8, 4) is 11.4 Å². The summed E-state index contributed by atoms with van der Waals surface area (Å²) >= 11 is 0. The highest BCUT2D eigenvalue weighted by atomic mass is 14.9. The summed E-state index contributed by atoms with van der Waals surface area (Å²) in [6.45, 7) is 4.55. The molecule has 172 valence electrons. The fourth-order valence-electron chi connectivity index (χ4n) is 4.20. The summed E-state index contributed by atoms with van der Waals surface area (Å²) in [5, 5.41) is 0. The first-order chi connectivity index (χ1) is 15.3. The van der Waals surface area contributed by atoms with Gasteiger partial charge in [0.25, 0.3) is 0 Å². The molecule has 2 rings (SSSR count). The van der Waals surface area contributed by atoms with E-state index in [9.17, 15) is 0 Å². The molecule has 0 saturated heterocycles. The minimum Gasteiger partial charge on any atom is -0.236 e. The number of hydrogen-bond donors (Lipinski definition) is 0. The van der Waals surface area contributed by atoms with Gasteiger partial charge in [0.1, 0.15) is 0 Å². The molecule has 0 aliphatic rings. The van der Waals surface area contributed by atoms with Crippen LogP contribution in [-0.4, -0.2) is 9.97 Å². The molecule has 0 amide bonds. The van der Waals surface area contributed by atoms with Crippen LogP contribution in [0.25, 0.3) is 11.4 Å². The summed E-state index contributed by atoms with van der Waals surface area (Å²) in [5.74, 6) is 0.848. The lowest BCUT2D eigenvalue weighted by molar-refractivity contribution is 0.565. The van der Waals surface area contributed by atoms with E-state index in [0.29, 0.717) is 0 Å². The molecular weight excluding hydrogens is 376 g/mol. The van der Waals surface area contributed by atoms with E-state index >= 15 is 0 Å². The first-order valence-corrected chi connectivity index (χ1v) is 13.2. The summed E-state index contributed by atoms with van der Waals surface area (Å²) in [4.78, 5) is 9.24. The Morgan fingerprint density at radius 3 is 1.39 bits per heavy atom. The largest absolute Gasteiger partial charge is 0.236 e. The van der Waals surface area contributed by atoms with Crippen LogP contribution in [0.2, 0.25) is 0 Å². The fourth-order valence-corrected chi connectivity index (χ4v) is 4.20. The Morgan fingerprint density at radius 2 is 0.903 bits per heavy atom. The van der Waals surface area contributed by atoms with Gasteiger partial charge in [-0.05, 0) is 36.8 Å². The average Bonchev–Trinajstić information content (AvgIpc) is 2.81. The van der Waals surface area contributed by atoms with Crippen molar-refractivity contribution in [1.82, 2.24) is 9.97 Å². The predicted molar refractivity (Wildman–Crippen MR) is 135 cm³/mol. The van der Waals surface area contributed by atoms with Gasteiger partial charge in [-0.15, -0.1) is 0 Å². The van der Waals surface area contributed by atoms with Gasteiger partial charge in [-0.2, -0.15) is 0 Å². The molecule has 1 heterocycles. The molecular formula is C29H46N2. The number of aromatic nitrogens is 2. The van der Waals surface area contributed by atoms with Crippen LogP contribution in [0.3, 0.4) is 0 Å². The molecule has 0 aliphatic carbocycles. The zero-order chi connectivity index (χ0) is 22.0. The van der Waals surface area contributed by atoms with Crippen molar-refractivity contribution in [1.29, 1.82) is 0 Å². The third kappa shape index (κ3) is 11.5. The van der Waals surface area contributed by atoms with Crippen molar-refractivity contribution in [3.63, 3.8) is 0 Å². The number of benzene rings is 1. The molecule has 2 aromatic rings. The second-order valence-corrected chi connectivity index (χ2v) is 9.21. The standard InChI is InChI=1S/C29H46N2/c1-3-5-7-9-11-12-13-15-16-18-26-20-22-28(23-21-26)29-30-24-27(25-31-29)19-17-14-10-8-6-4-2/h20-25H,3-19H2,1-2H3. The van der Waals surface area contributed by atoms with Gasteiger partial charge >= 0.3 is 0 Å². The SMILES string of the molecule is CCCCCCCCCCCc1ccc(-c2ncc(CCCCCCCC)cn2)cc1. The maximum absolute atomic E-state index is 4.62. The van der Waals surface area contributed by atoms with Crippen LogP contribution in [-0.2, 0) is 12.8 Å². The summed E-state index contributed by atoms with van der Waals surface area (Å²) in [6, 6.07) is 8.89. The van der Waals surface area contributed by atoms with Crippen molar-refractivity contribution < 1.29 is 0 Å². The number of aryl methyl sites for hydroxylation is 2. The minimum absolute atomic E-state index is 0.848. The van der Waals surface area contributed by atoms with E-state index in [-0.39, 0.29) is 0 Å². The van der Waals surface area contributed by atoms with Gasteiger partial charge < -0.3 is 0 Å².